The molecular formula is C15H13ClO3S. The van der Waals surface area contributed by atoms with Crippen LogP contribution in [0.1, 0.15) is 5.56 Å². The van der Waals surface area contributed by atoms with Crippen LogP contribution in [0.2, 0.25) is 0 Å². The second-order valence-corrected chi connectivity index (χ2v) is 6.59. The maximum absolute atomic E-state index is 12.3. The molecule has 0 aliphatic carbocycles. The maximum Gasteiger partial charge on any atom is 0.217 e. The fourth-order valence-electron chi connectivity index (χ4n) is 1.63. The van der Waals surface area contributed by atoms with Gasteiger partial charge in [-0.2, -0.15) is 0 Å². The predicted octanol–water partition coefficient (Wildman–Crippen LogP) is 3.71. The minimum Gasteiger partial charge on any atom is -0.497 e. The average Bonchev–Trinajstić information content (AvgIpc) is 2.48. The normalized spacial score (nSPS) is 12.2. The first kappa shape index (κ1) is 14.6. The van der Waals surface area contributed by atoms with E-state index < -0.39 is 9.84 Å². The van der Waals surface area contributed by atoms with Crippen LogP contribution in [0.15, 0.2) is 63.9 Å². The van der Waals surface area contributed by atoms with E-state index in [0.29, 0.717) is 5.75 Å². The monoisotopic (exact) mass is 308 g/mol. The van der Waals surface area contributed by atoms with Gasteiger partial charge >= 0.3 is 0 Å². The Morgan fingerprint density at radius 3 is 2.20 bits per heavy atom. The summed E-state index contributed by atoms with van der Waals surface area (Å²) in [5.74, 6) is 0.590. The van der Waals surface area contributed by atoms with Crippen molar-refractivity contribution in [3.05, 3.63) is 64.5 Å². The predicted molar refractivity (Wildman–Crippen MR) is 80.5 cm³/mol. The summed E-state index contributed by atoms with van der Waals surface area (Å²) in [6.07, 6.45) is 1.43. The number of ether oxygens (including phenoxy) is 1. The molecule has 0 saturated heterocycles. The Labute approximate surface area is 123 Å². The summed E-state index contributed by atoms with van der Waals surface area (Å²) in [5.41, 5.74) is 0.731. The molecule has 3 nitrogen and oxygen atoms in total. The number of rotatable bonds is 4. The van der Waals surface area contributed by atoms with Gasteiger partial charge in [0.25, 0.3) is 0 Å². The van der Waals surface area contributed by atoms with E-state index in [9.17, 15) is 8.42 Å². The van der Waals surface area contributed by atoms with Crippen LogP contribution >= 0.6 is 11.6 Å². The SMILES string of the molecule is COc1ccc(S(=O)(=O)/C(Cl)=C/c2ccccc2)cc1. The van der Waals surface area contributed by atoms with Crippen molar-refractivity contribution in [3.8, 4) is 5.75 Å². The highest BCUT2D eigenvalue weighted by molar-refractivity contribution is 7.97. The largest absolute Gasteiger partial charge is 0.497 e. The highest BCUT2D eigenvalue weighted by Gasteiger charge is 2.18. The van der Waals surface area contributed by atoms with Gasteiger partial charge in [-0.1, -0.05) is 41.9 Å². The molecule has 0 aliphatic heterocycles. The second kappa shape index (κ2) is 6.11. The van der Waals surface area contributed by atoms with E-state index >= 15 is 0 Å². The summed E-state index contributed by atoms with van der Waals surface area (Å²) >= 11 is 5.96. The van der Waals surface area contributed by atoms with Crippen molar-refractivity contribution in [1.29, 1.82) is 0 Å². The fourth-order valence-corrected chi connectivity index (χ4v) is 3.03. The zero-order chi connectivity index (χ0) is 14.6. The molecule has 0 aromatic heterocycles. The number of sulfone groups is 1. The van der Waals surface area contributed by atoms with Crippen LogP contribution < -0.4 is 4.74 Å². The summed E-state index contributed by atoms with van der Waals surface area (Å²) in [6.45, 7) is 0. The molecule has 0 saturated carbocycles. The molecule has 0 amide bonds. The Bertz CT molecular complexity index is 705. The minimum atomic E-state index is -3.69. The quantitative estimate of drug-likeness (QED) is 0.865. The van der Waals surface area contributed by atoms with Gasteiger partial charge < -0.3 is 4.74 Å². The molecule has 2 aromatic rings. The molecule has 0 unspecified atom stereocenters. The van der Waals surface area contributed by atoms with Crippen LogP contribution in [0.3, 0.4) is 0 Å². The lowest BCUT2D eigenvalue weighted by Crippen LogP contribution is -2.00. The zero-order valence-electron chi connectivity index (χ0n) is 10.8. The van der Waals surface area contributed by atoms with Crippen LogP contribution in [-0.4, -0.2) is 15.5 Å². The van der Waals surface area contributed by atoms with Crippen molar-refractivity contribution in [1.82, 2.24) is 0 Å². The molecule has 0 heterocycles. The molecule has 20 heavy (non-hydrogen) atoms. The van der Waals surface area contributed by atoms with E-state index in [1.807, 2.05) is 18.2 Å². The van der Waals surface area contributed by atoms with Crippen molar-refractivity contribution in [3.63, 3.8) is 0 Å². The molecule has 104 valence electrons. The third-order valence-electron chi connectivity index (χ3n) is 2.71. The molecule has 2 aromatic carbocycles. The van der Waals surface area contributed by atoms with Crippen molar-refractivity contribution in [2.45, 2.75) is 4.90 Å². The first-order chi connectivity index (χ1) is 9.54. The van der Waals surface area contributed by atoms with Crippen LogP contribution in [-0.2, 0) is 9.84 Å². The molecule has 0 N–H and O–H groups in total. The second-order valence-electron chi connectivity index (χ2n) is 4.04. The van der Waals surface area contributed by atoms with Crippen LogP contribution in [0.4, 0.5) is 0 Å². The van der Waals surface area contributed by atoms with Gasteiger partial charge in [0.15, 0.2) is 0 Å². The highest BCUT2D eigenvalue weighted by Crippen LogP contribution is 2.26. The third kappa shape index (κ3) is 3.21. The van der Waals surface area contributed by atoms with Gasteiger partial charge in [0.1, 0.15) is 10.1 Å². The van der Waals surface area contributed by atoms with E-state index in [0.717, 1.165) is 5.56 Å². The van der Waals surface area contributed by atoms with Gasteiger partial charge in [-0.05, 0) is 35.9 Å². The Morgan fingerprint density at radius 2 is 1.65 bits per heavy atom. The molecule has 5 heteroatoms. The lowest BCUT2D eigenvalue weighted by molar-refractivity contribution is 0.414. The Balaban J connectivity index is 2.36. The summed E-state index contributed by atoms with van der Waals surface area (Å²) in [6, 6.07) is 15.1. The zero-order valence-corrected chi connectivity index (χ0v) is 12.4. The van der Waals surface area contributed by atoms with E-state index in [-0.39, 0.29) is 9.26 Å². The van der Waals surface area contributed by atoms with Crippen molar-refractivity contribution >= 4 is 27.5 Å². The van der Waals surface area contributed by atoms with Gasteiger partial charge in [0.2, 0.25) is 9.84 Å². The number of hydrogen-bond donors (Lipinski definition) is 0. The van der Waals surface area contributed by atoms with Crippen LogP contribution in [0.5, 0.6) is 5.75 Å². The van der Waals surface area contributed by atoms with Gasteiger partial charge in [0.05, 0.1) is 12.0 Å². The Hall–Kier alpha value is -1.78. The fraction of sp³-hybridized carbons (Fsp3) is 0.0667. The third-order valence-corrected chi connectivity index (χ3v) is 4.95. The molecule has 0 bridgehead atoms. The van der Waals surface area contributed by atoms with Crippen LogP contribution in [0, 0.1) is 0 Å². The van der Waals surface area contributed by atoms with Gasteiger partial charge in [-0.25, -0.2) is 8.42 Å². The molecule has 0 spiro atoms. The van der Waals surface area contributed by atoms with Crippen molar-refractivity contribution in [2.24, 2.45) is 0 Å². The lowest BCUT2D eigenvalue weighted by atomic mass is 10.2. The van der Waals surface area contributed by atoms with Crippen molar-refractivity contribution in [2.75, 3.05) is 7.11 Å². The molecular weight excluding hydrogens is 296 g/mol. The number of hydrogen-bond acceptors (Lipinski definition) is 3. The molecule has 0 aliphatic rings. The number of methoxy groups -OCH3 is 1. The summed E-state index contributed by atoms with van der Waals surface area (Å²) in [4.78, 5) is 0.135. The summed E-state index contributed by atoms with van der Waals surface area (Å²) < 4.78 is 29.4. The lowest BCUT2D eigenvalue weighted by Gasteiger charge is -2.05. The van der Waals surface area contributed by atoms with Crippen molar-refractivity contribution < 1.29 is 13.2 Å². The summed E-state index contributed by atoms with van der Waals surface area (Å²) in [5, 5.41) is 0. The van der Waals surface area contributed by atoms with E-state index in [2.05, 4.69) is 0 Å². The van der Waals surface area contributed by atoms with Crippen LogP contribution in [0.25, 0.3) is 6.08 Å². The van der Waals surface area contributed by atoms with E-state index in [1.165, 1.54) is 25.3 Å². The van der Waals surface area contributed by atoms with Gasteiger partial charge in [-0.15, -0.1) is 0 Å². The maximum atomic E-state index is 12.3. The standard InChI is InChI=1S/C15H13ClO3S/c1-19-13-7-9-14(10-8-13)20(17,18)15(16)11-12-5-3-2-4-6-12/h2-11H,1H3/b15-11+. The first-order valence-corrected chi connectivity index (χ1v) is 7.71. The smallest absolute Gasteiger partial charge is 0.217 e. The Kier molecular flexibility index (Phi) is 4.47. The molecule has 2 rings (SSSR count). The van der Waals surface area contributed by atoms with Gasteiger partial charge in [0, 0.05) is 0 Å². The minimum absolute atomic E-state index is 0.135. The number of halogens is 1. The highest BCUT2D eigenvalue weighted by atomic mass is 35.5. The number of benzene rings is 2. The molecule has 0 fully saturated rings. The van der Waals surface area contributed by atoms with E-state index in [1.54, 1.807) is 24.3 Å². The van der Waals surface area contributed by atoms with E-state index in [4.69, 9.17) is 16.3 Å². The first-order valence-electron chi connectivity index (χ1n) is 5.85. The Morgan fingerprint density at radius 1 is 1.05 bits per heavy atom. The molecule has 0 atom stereocenters. The summed E-state index contributed by atoms with van der Waals surface area (Å²) in [7, 11) is -2.17. The average molecular weight is 309 g/mol. The molecule has 0 radical (unpaired) electrons. The topological polar surface area (TPSA) is 43.4 Å². The van der Waals surface area contributed by atoms with Gasteiger partial charge in [-0.3, -0.25) is 0 Å².